The van der Waals surface area contributed by atoms with E-state index in [4.69, 9.17) is 0 Å². The normalized spacial score (nSPS) is 14.7. The highest BCUT2D eigenvalue weighted by molar-refractivity contribution is 5.84. The van der Waals surface area contributed by atoms with Crippen LogP contribution in [0.2, 0.25) is 0 Å². The number of nitrogens with zero attached hydrogens (tertiary/aromatic N) is 6. The minimum atomic E-state index is -0.204. The van der Waals surface area contributed by atoms with Gasteiger partial charge in [-0.1, -0.05) is 30.3 Å². The molecule has 3 aromatic carbocycles. The van der Waals surface area contributed by atoms with Gasteiger partial charge >= 0.3 is 0 Å². The number of rotatable bonds is 4. The molecule has 0 unspecified atom stereocenters. The average molecular weight is 400 g/mol. The van der Waals surface area contributed by atoms with Gasteiger partial charge in [-0.2, -0.15) is 4.68 Å². The molecule has 5 rings (SSSR count). The van der Waals surface area contributed by atoms with Crippen LogP contribution < -0.4 is 4.90 Å². The largest absolute Gasteiger partial charge is 0.374 e. The molecule has 1 aromatic heterocycles. The Bertz CT molecular complexity index is 1180. The Labute approximate surface area is 173 Å². The number of tetrazole rings is 1. The lowest BCUT2D eigenvalue weighted by molar-refractivity contribution is 0.351. The predicted octanol–water partition coefficient (Wildman–Crippen LogP) is 3.75. The molecule has 6 nitrogen and oxygen atoms in total. The van der Waals surface area contributed by atoms with Crippen molar-refractivity contribution < 1.29 is 4.39 Å². The summed E-state index contributed by atoms with van der Waals surface area (Å²) in [5.41, 5.74) is 1.99. The molecule has 0 radical (unpaired) electrons. The summed E-state index contributed by atoms with van der Waals surface area (Å²) in [4.78, 5) is 4.52. The van der Waals surface area contributed by atoms with Gasteiger partial charge in [-0.15, -0.1) is 5.10 Å². The number of halogens is 1. The molecule has 7 heteroatoms. The summed E-state index contributed by atoms with van der Waals surface area (Å²) in [7, 11) is 0. The summed E-state index contributed by atoms with van der Waals surface area (Å²) in [6.45, 7) is 3.52. The fourth-order valence-electron chi connectivity index (χ4n) is 3.74. The number of hydrogen-bond acceptors (Lipinski definition) is 5. The topological polar surface area (TPSA) is 50.1 Å². The van der Waals surface area contributed by atoms with Crippen LogP contribution in [0, 0.1) is 5.82 Å². The molecule has 1 fully saturated rings. The van der Waals surface area contributed by atoms with Gasteiger partial charge in [-0.25, -0.2) is 4.39 Å². The van der Waals surface area contributed by atoms with Gasteiger partial charge in [0.05, 0.1) is 5.69 Å². The highest BCUT2D eigenvalue weighted by Gasteiger charge is 2.15. The van der Waals surface area contributed by atoms with E-state index < -0.39 is 0 Å². The van der Waals surface area contributed by atoms with E-state index in [9.17, 15) is 4.39 Å². The van der Waals surface area contributed by atoms with E-state index in [1.807, 2.05) is 42.6 Å². The van der Waals surface area contributed by atoms with E-state index in [1.165, 1.54) is 17.5 Å². The number of piperazine rings is 1. The number of aromatic nitrogens is 4. The molecule has 4 aromatic rings. The molecule has 0 N–H and O–H groups in total. The summed E-state index contributed by atoms with van der Waals surface area (Å²) < 4.78 is 14.9. The van der Waals surface area contributed by atoms with Crippen molar-refractivity contribution >= 4 is 22.5 Å². The predicted molar refractivity (Wildman–Crippen MR) is 116 cm³/mol. The van der Waals surface area contributed by atoms with Gasteiger partial charge in [0.1, 0.15) is 5.82 Å². The van der Waals surface area contributed by atoms with Crippen LogP contribution in [-0.2, 0) is 0 Å². The third kappa shape index (κ3) is 3.74. The van der Waals surface area contributed by atoms with Crippen LogP contribution in [0.4, 0.5) is 10.1 Å². The number of hydrogen-bond donors (Lipinski definition) is 0. The zero-order valence-corrected chi connectivity index (χ0v) is 16.4. The Morgan fingerprint density at radius 1 is 0.800 bits per heavy atom. The summed E-state index contributed by atoms with van der Waals surface area (Å²) in [5, 5.41) is 14.5. The fraction of sp³-hybridized carbons (Fsp3) is 0.174. The minimum Gasteiger partial charge on any atom is -0.374 e. The number of anilines is 1. The Morgan fingerprint density at radius 2 is 1.53 bits per heavy atom. The third-order valence-corrected chi connectivity index (χ3v) is 5.41. The number of benzene rings is 3. The maximum absolute atomic E-state index is 13.1. The number of fused-ring (bicyclic) bond motifs is 1. The van der Waals surface area contributed by atoms with Gasteiger partial charge in [0.2, 0.25) is 0 Å². The van der Waals surface area contributed by atoms with Crippen molar-refractivity contribution in [3.05, 3.63) is 84.6 Å². The van der Waals surface area contributed by atoms with Gasteiger partial charge in [0.15, 0.2) is 5.82 Å². The molecule has 0 atom stereocenters. The Hall–Kier alpha value is -3.74. The summed E-state index contributed by atoms with van der Waals surface area (Å²) in [6.07, 6.45) is 3.99. The van der Waals surface area contributed by atoms with E-state index in [1.54, 1.807) is 4.68 Å². The summed E-state index contributed by atoms with van der Waals surface area (Å²) >= 11 is 0. The second-order valence-corrected chi connectivity index (χ2v) is 7.30. The zero-order valence-electron chi connectivity index (χ0n) is 16.4. The monoisotopic (exact) mass is 400 g/mol. The highest BCUT2D eigenvalue weighted by atomic mass is 19.1. The fourth-order valence-corrected chi connectivity index (χ4v) is 3.74. The van der Waals surface area contributed by atoms with Crippen molar-refractivity contribution in [2.24, 2.45) is 0 Å². The van der Waals surface area contributed by atoms with Crippen molar-refractivity contribution in [1.29, 1.82) is 0 Å². The molecule has 1 aliphatic heterocycles. The first-order valence-electron chi connectivity index (χ1n) is 9.97. The standard InChI is InChI=1S/C23H21FN6/c24-20-6-9-21(10-7-20)29-15-13-28(14-16-29)12-11-23-25-26-27-30(23)22-8-5-18-3-1-2-4-19(18)17-22/h1-12,17H,13-16H2/b12-11-. The van der Waals surface area contributed by atoms with Gasteiger partial charge in [-0.3, -0.25) is 0 Å². The van der Waals surface area contributed by atoms with Crippen LogP contribution in [0.25, 0.3) is 22.5 Å². The third-order valence-electron chi connectivity index (χ3n) is 5.41. The highest BCUT2D eigenvalue weighted by Crippen LogP contribution is 2.20. The molecular formula is C23H21FN6. The van der Waals surface area contributed by atoms with Crippen molar-refractivity contribution in [3.8, 4) is 5.69 Å². The summed E-state index contributed by atoms with van der Waals surface area (Å²) in [6, 6.07) is 21.1. The molecular weight excluding hydrogens is 379 g/mol. The van der Waals surface area contributed by atoms with E-state index in [2.05, 4.69) is 49.6 Å². The van der Waals surface area contributed by atoms with E-state index >= 15 is 0 Å². The molecule has 0 aliphatic carbocycles. The van der Waals surface area contributed by atoms with Crippen LogP contribution in [0.1, 0.15) is 5.82 Å². The molecule has 1 saturated heterocycles. The Kier molecular flexibility index (Phi) is 4.85. The second-order valence-electron chi connectivity index (χ2n) is 7.30. The van der Waals surface area contributed by atoms with Crippen molar-refractivity contribution in [2.75, 3.05) is 31.1 Å². The van der Waals surface area contributed by atoms with Crippen molar-refractivity contribution in [1.82, 2.24) is 25.1 Å². The average Bonchev–Trinajstić information content (AvgIpc) is 3.27. The van der Waals surface area contributed by atoms with E-state index in [-0.39, 0.29) is 5.82 Å². The van der Waals surface area contributed by atoms with Crippen LogP contribution in [0.15, 0.2) is 72.9 Å². The first-order chi connectivity index (χ1) is 14.8. The van der Waals surface area contributed by atoms with Crippen LogP contribution in [-0.4, -0.2) is 51.3 Å². The van der Waals surface area contributed by atoms with Crippen LogP contribution in [0.3, 0.4) is 0 Å². The molecule has 150 valence electrons. The molecule has 30 heavy (non-hydrogen) atoms. The Balaban J connectivity index is 1.28. The van der Waals surface area contributed by atoms with E-state index in [0.29, 0.717) is 5.82 Å². The van der Waals surface area contributed by atoms with Gasteiger partial charge in [-0.05, 0) is 57.6 Å². The van der Waals surface area contributed by atoms with Crippen molar-refractivity contribution in [3.63, 3.8) is 0 Å². The Morgan fingerprint density at radius 3 is 2.33 bits per heavy atom. The minimum absolute atomic E-state index is 0.204. The van der Waals surface area contributed by atoms with Gasteiger partial charge < -0.3 is 9.80 Å². The SMILES string of the molecule is Fc1ccc(N2CCN(/C=C\c3nnnn3-c3ccc4ccccc4c3)CC2)cc1. The maximum Gasteiger partial charge on any atom is 0.181 e. The molecule has 0 amide bonds. The molecule has 1 aliphatic rings. The molecule has 0 saturated carbocycles. The summed E-state index contributed by atoms with van der Waals surface area (Å²) in [5.74, 6) is 0.482. The van der Waals surface area contributed by atoms with Gasteiger partial charge in [0, 0.05) is 44.1 Å². The van der Waals surface area contributed by atoms with Crippen molar-refractivity contribution in [2.45, 2.75) is 0 Å². The molecule has 0 spiro atoms. The smallest absolute Gasteiger partial charge is 0.181 e. The lowest BCUT2D eigenvalue weighted by Gasteiger charge is -2.35. The van der Waals surface area contributed by atoms with Crippen LogP contribution >= 0.6 is 0 Å². The first kappa shape index (κ1) is 18.3. The maximum atomic E-state index is 13.1. The molecule has 2 heterocycles. The van der Waals surface area contributed by atoms with Gasteiger partial charge in [0.25, 0.3) is 0 Å². The quantitative estimate of drug-likeness (QED) is 0.522. The lowest BCUT2D eigenvalue weighted by Crippen LogP contribution is -2.44. The first-order valence-corrected chi connectivity index (χ1v) is 9.97. The van der Waals surface area contributed by atoms with E-state index in [0.717, 1.165) is 42.9 Å². The zero-order chi connectivity index (χ0) is 20.3. The molecule has 0 bridgehead atoms. The lowest BCUT2D eigenvalue weighted by atomic mass is 10.1. The second kappa shape index (κ2) is 7.94. The van der Waals surface area contributed by atoms with Crippen LogP contribution in [0.5, 0.6) is 0 Å².